The maximum absolute atomic E-state index is 11.9. The van der Waals surface area contributed by atoms with Crippen molar-refractivity contribution in [3.63, 3.8) is 0 Å². The monoisotopic (exact) mass is 366 g/mol. The predicted molar refractivity (Wildman–Crippen MR) is 114 cm³/mol. The van der Waals surface area contributed by atoms with E-state index in [0.29, 0.717) is 12.8 Å². The second-order valence-corrected chi connectivity index (χ2v) is 8.06. The van der Waals surface area contributed by atoms with Gasteiger partial charge in [-0.05, 0) is 12.8 Å². The van der Waals surface area contributed by atoms with E-state index in [1.165, 1.54) is 83.5 Å². The van der Waals surface area contributed by atoms with Crippen molar-refractivity contribution in [3.8, 4) is 0 Å². The van der Waals surface area contributed by atoms with Crippen molar-refractivity contribution in [2.75, 3.05) is 0 Å². The molecule has 0 unspecified atom stereocenters. The largest absolute Gasteiger partial charge is 0.299 e. The molecule has 0 spiro atoms. The standard InChI is InChI=1S/C24H46O2/c1-3-5-7-9-11-13-15-17-19-21-24(26)22-23(25)20-18-16-14-12-10-8-6-4-2/h3-22H2,1-2H3. The maximum atomic E-state index is 11.9. The highest BCUT2D eigenvalue weighted by atomic mass is 16.1. The highest BCUT2D eigenvalue weighted by molar-refractivity contribution is 5.98. The predicted octanol–water partition coefficient (Wildman–Crippen LogP) is 7.97. The first-order valence-electron chi connectivity index (χ1n) is 11.7. The molecule has 2 nitrogen and oxygen atoms in total. The van der Waals surface area contributed by atoms with E-state index in [0.717, 1.165) is 25.7 Å². The first-order valence-corrected chi connectivity index (χ1v) is 11.7. The lowest BCUT2D eigenvalue weighted by atomic mass is 10.0. The lowest BCUT2D eigenvalue weighted by Crippen LogP contribution is -2.07. The minimum absolute atomic E-state index is 0.164. The van der Waals surface area contributed by atoms with Gasteiger partial charge in [-0.2, -0.15) is 0 Å². The minimum atomic E-state index is 0.164. The Bertz CT molecular complexity index is 322. The van der Waals surface area contributed by atoms with Crippen LogP contribution in [0.15, 0.2) is 0 Å². The van der Waals surface area contributed by atoms with Gasteiger partial charge in [-0.25, -0.2) is 0 Å². The van der Waals surface area contributed by atoms with E-state index in [-0.39, 0.29) is 18.0 Å². The number of hydrogen-bond acceptors (Lipinski definition) is 2. The fourth-order valence-electron chi connectivity index (χ4n) is 3.49. The average molecular weight is 367 g/mol. The van der Waals surface area contributed by atoms with E-state index in [1.807, 2.05) is 0 Å². The van der Waals surface area contributed by atoms with Crippen molar-refractivity contribution in [1.29, 1.82) is 0 Å². The van der Waals surface area contributed by atoms with Gasteiger partial charge in [-0.3, -0.25) is 9.59 Å². The molecule has 154 valence electrons. The van der Waals surface area contributed by atoms with Crippen molar-refractivity contribution in [2.45, 2.75) is 142 Å². The summed E-state index contributed by atoms with van der Waals surface area (Å²) in [6.45, 7) is 4.49. The molecule has 0 amide bonds. The molecule has 0 saturated heterocycles. The highest BCUT2D eigenvalue weighted by Gasteiger charge is 2.09. The Hall–Kier alpha value is -0.660. The summed E-state index contributed by atoms with van der Waals surface area (Å²) < 4.78 is 0. The molecule has 0 heterocycles. The molecule has 0 saturated carbocycles. The quantitative estimate of drug-likeness (QED) is 0.152. The zero-order chi connectivity index (χ0) is 19.3. The normalized spacial score (nSPS) is 11.0. The van der Waals surface area contributed by atoms with Crippen molar-refractivity contribution in [3.05, 3.63) is 0 Å². The van der Waals surface area contributed by atoms with E-state index < -0.39 is 0 Å². The van der Waals surface area contributed by atoms with E-state index in [9.17, 15) is 9.59 Å². The van der Waals surface area contributed by atoms with Gasteiger partial charge in [-0.15, -0.1) is 0 Å². The summed E-state index contributed by atoms with van der Waals surface area (Å²) in [4.78, 5) is 23.7. The van der Waals surface area contributed by atoms with Crippen LogP contribution >= 0.6 is 0 Å². The van der Waals surface area contributed by atoms with Crippen LogP contribution in [0.4, 0.5) is 0 Å². The van der Waals surface area contributed by atoms with Crippen LogP contribution in [0, 0.1) is 0 Å². The van der Waals surface area contributed by atoms with Gasteiger partial charge in [0.15, 0.2) is 0 Å². The van der Waals surface area contributed by atoms with Gasteiger partial charge in [0.05, 0.1) is 6.42 Å². The summed E-state index contributed by atoms with van der Waals surface area (Å²) in [7, 11) is 0. The third-order valence-electron chi connectivity index (χ3n) is 5.26. The maximum Gasteiger partial charge on any atom is 0.140 e. The molecule has 0 atom stereocenters. The zero-order valence-electron chi connectivity index (χ0n) is 18.0. The van der Waals surface area contributed by atoms with Crippen LogP contribution in [-0.2, 0) is 9.59 Å². The SMILES string of the molecule is CCCCCCCCCCCC(=O)CC(=O)CCCCCCCCCC. The molecular formula is C24H46O2. The molecule has 0 aliphatic carbocycles. The van der Waals surface area contributed by atoms with Crippen LogP contribution in [-0.4, -0.2) is 11.6 Å². The molecule has 0 fully saturated rings. The van der Waals surface area contributed by atoms with E-state index in [2.05, 4.69) is 13.8 Å². The Morgan fingerprint density at radius 2 is 0.692 bits per heavy atom. The first kappa shape index (κ1) is 25.3. The lowest BCUT2D eigenvalue weighted by molar-refractivity contribution is -0.127. The first-order chi connectivity index (χ1) is 12.7. The Labute approximate surface area is 163 Å². The molecule has 0 aromatic heterocycles. The number of unbranched alkanes of at least 4 members (excludes halogenated alkanes) is 15. The van der Waals surface area contributed by atoms with Crippen LogP contribution in [0.5, 0.6) is 0 Å². The van der Waals surface area contributed by atoms with Gasteiger partial charge < -0.3 is 0 Å². The van der Waals surface area contributed by atoms with Crippen LogP contribution < -0.4 is 0 Å². The fourth-order valence-corrected chi connectivity index (χ4v) is 3.49. The number of carbonyl (C=O) groups is 2. The smallest absolute Gasteiger partial charge is 0.140 e. The van der Waals surface area contributed by atoms with E-state index in [4.69, 9.17) is 0 Å². The van der Waals surface area contributed by atoms with Crippen molar-refractivity contribution >= 4 is 11.6 Å². The van der Waals surface area contributed by atoms with Gasteiger partial charge >= 0.3 is 0 Å². The molecule has 0 aliphatic heterocycles. The van der Waals surface area contributed by atoms with Crippen LogP contribution in [0.1, 0.15) is 142 Å². The van der Waals surface area contributed by atoms with Gasteiger partial charge in [-0.1, -0.05) is 110 Å². The average Bonchev–Trinajstić information content (AvgIpc) is 2.62. The Balaban J connectivity index is 3.34. The van der Waals surface area contributed by atoms with Crippen LogP contribution in [0.3, 0.4) is 0 Å². The number of hydrogen-bond donors (Lipinski definition) is 0. The molecule has 0 rings (SSSR count). The number of carbonyl (C=O) groups excluding carboxylic acids is 2. The Morgan fingerprint density at radius 3 is 1.00 bits per heavy atom. The molecule has 0 bridgehead atoms. The van der Waals surface area contributed by atoms with Gasteiger partial charge in [0.25, 0.3) is 0 Å². The third-order valence-corrected chi connectivity index (χ3v) is 5.26. The van der Waals surface area contributed by atoms with Crippen molar-refractivity contribution in [1.82, 2.24) is 0 Å². The second kappa shape index (κ2) is 20.6. The highest BCUT2D eigenvalue weighted by Crippen LogP contribution is 2.13. The second-order valence-electron chi connectivity index (χ2n) is 8.06. The van der Waals surface area contributed by atoms with Gasteiger partial charge in [0.1, 0.15) is 11.6 Å². The molecule has 26 heavy (non-hydrogen) atoms. The molecule has 2 heteroatoms. The third kappa shape index (κ3) is 19.7. The van der Waals surface area contributed by atoms with Crippen molar-refractivity contribution in [2.24, 2.45) is 0 Å². The lowest BCUT2D eigenvalue weighted by Gasteiger charge is -2.03. The van der Waals surface area contributed by atoms with E-state index in [1.54, 1.807) is 0 Å². The molecule has 0 N–H and O–H groups in total. The molecule has 0 aromatic carbocycles. The van der Waals surface area contributed by atoms with Crippen LogP contribution in [0.2, 0.25) is 0 Å². The van der Waals surface area contributed by atoms with Crippen molar-refractivity contribution < 1.29 is 9.59 Å². The topological polar surface area (TPSA) is 34.1 Å². The summed E-state index contributed by atoms with van der Waals surface area (Å²) in [5.41, 5.74) is 0. The summed E-state index contributed by atoms with van der Waals surface area (Å²) in [5.74, 6) is 0.328. The Kier molecular flexibility index (Phi) is 20.1. The van der Waals surface area contributed by atoms with E-state index >= 15 is 0 Å². The summed E-state index contributed by atoms with van der Waals surface area (Å²) >= 11 is 0. The number of ketones is 2. The Morgan fingerprint density at radius 1 is 0.423 bits per heavy atom. The van der Waals surface area contributed by atoms with Gasteiger partial charge in [0, 0.05) is 12.8 Å². The zero-order valence-corrected chi connectivity index (χ0v) is 18.0. The van der Waals surface area contributed by atoms with Crippen LogP contribution in [0.25, 0.3) is 0 Å². The minimum Gasteiger partial charge on any atom is -0.299 e. The molecule has 0 radical (unpaired) electrons. The van der Waals surface area contributed by atoms with Gasteiger partial charge in [0.2, 0.25) is 0 Å². The number of Topliss-reactive ketones (excluding diaryl/α,β-unsaturated/α-hetero) is 2. The summed E-state index contributed by atoms with van der Waals surface area (Å²) in [6.07, 6.45) is 22.8. The number of rotatable bonds is 21. The fraction of sp³-hybridized carbons (Fsp3) is 0.917. The molecular weight excluding hydrogens is 320 g/mol. The summed E-state index contributed by atoms with van der Waals surface area (Å²) in [6, 6.07) is 0. The molecule has 0 aliphatic rings. The summed E-state index contributed by atoms with van der Waals surface area (Å²) in [5, 5.41) is 0. The molecule has 0 aromatic rings.